The summed E-state index contributed by atoms with van der Waals surface area (Å²) >= 11 is 0. The Balaban J connectivity index is 2.91. The third-order valence-corrected chi connectivity index (χ3v) is 2.27. The molecule has 1 heterocycles. The van der Waals surface area contributed by atoms with E-state index in [1.54, 1.807) is 13.8 Å². The third-order valence-electron chi connectivity index (χ3n) is 2.27. The molecular weight excluding hydrogens is 158 g/mol. The van der Waals surface area contributed by atoms with Crippen LogP contribution in [0.5, 0.6) is 0 Å². The van der Waals surface area contributed by atoms with E-state index >= 15 is 0 Å². The highest BCUT2D eigenvalue weighted by atomic mass is 16.5. The minimum Gasteiger partial charge on any atom is -0.392 e. The fourth-order valence-corrected chi connectivity index (χ4v) is 1.25. The molecule has 4 heteroatoms. The third kappa shape index (κ3) is 1.35. The standard InChI is InChI=1S/C8H13NO3/c1-5-7(4-10)3-9(12)6(2)8(5)11/h3,5-6,10,12H,4H2,1-2H3. The number of Topliss-reactive ketones (excluding diaryl/α,β-unsaturated/α-hetero) is 1. The van der Waals surface area contributed by atoms with Gasteiger partial charge in [0.15, 0.2) is 5.78 Å². The van der Waals surface area contributed by atoms with Gasteiger partial charge in [0.1, 0.15) is 6.04 Å². The molecule has 0 bridgehead atoms. The molecule has 0 aromatic carbocycles. The Labute approximate surface area is 71.1 Å². The minimum atomic E-state index is -0.504. The lowest BCUT2D eigenvalue weighted by Crippen LogP contribution is -2.41. The summed E-state index contributed by atoms with van der Waals surface area (Å²) in [6.45, 7) is 3.17. The molecule has 0 aliphatic carbocycles. The van der Waals surface area contributed by atoms with E-state index in [4.69, 9.17) is 5.11 Å². The quantitative estimate of drug-likeness (QED) is 0.590. The summed E-state index contributed by atoms with van der Waals surface area (Å²) < 4.78 is 0. The average molecular weight is 171 g/mol. The van der Waals surface area contributed by atoms with Crippen molar-refractivity contribution >= 4 is 5.78 Å². The van der Waals surface area contributed by atoms with Crippen LogP contribution >= 0.6 is 0 Å². The zero-order valence-electron chi connectivity index (χ0n) is 7.19. The van der Waals surface area contributed by atoms with Crippen molar-refractivity contribution in [1.29, 1.82) is 0 Å². The molecule has 2 atom stereocenters. The van der Waals surface area contributed by atoms with E-state index in [-0.39, 0.29) is 18.3 Å². The van der Waals surface area contributed by atoms with Gasteiger partial charge in [0.05, 0.1) is 6.61 Å². The van der Waals surface area contributed by atoms with Gasteiger partial charge < -0.3 is 5.11 Å². The number of aliphatic hydroxyl groups excluding tert-OH is 1. The van der Waals surface area contributed by atoms with E-state index in [0.717, 1.165) is 5.06 Å². The fourth-order valence-electron chi connectivity index (χ4n) is 1.25. The van der Waals surface area contributed by atoms with Gasteiger partial charge in [-0.3, -0.25) is 15.1 Å². The summed E-state index contributed by atoms with van der Waals surface area (Å²) in [6.07, 6.45) is 1.41. The largest absolute Gasteiger partial charge is 0.392 e. The molecule has 1 rings (SSSR count). The normalized spacial score (nSPS) is 30.5. The van der Waals surface area contributed by atoms with Crippen LogP contribution in [0.2, 0.25) is 0 Å². The molecule has 0 fully saturated rings. The first-order valence-electron chi connectivity index (χ1n) is 3.90. The molecule has 0 aromatic heterocycles. The van der Waals surface area contributed by atoms with Gasteiger partial charge in [-0.2, -0.15) is 0 Å². The smallest absolute Gasteiger partial charge is 0.164 e. The molecule has 2 N–H and O–H groups in total. The summed E-state index contributed by atoms with van der Waals surface area (Å²) in [6, 6.07) is -0.504. The van der Waals surface area contributed by atoms with Crippen LogP contribution in [-0.2, 0) is 4.79 Å². The topological polar surface area (TPSA) is 60.8 Å². The molecule has 0 aromatic rings. The Hall–Kier alpha value is -0.870. The number of ketones is 1. The number of nitrogens with zero attached hydrogens (tertiary/aromatic N) is 1. The number of hydroxylamine groups is 2. The van der Waals surface area contributed by atoms with Crippen LogP contribution in [-0.4, -0.2) is 33.8 Å². The van der Waals surface area contributed by atoms with Crippen molar-refractivity contribution in [1.82, 2.24) is 5.06 Å². The maximum atomic E-state index is 11.4. The summed E-state index contributed by atoms with van der Waals surface area (Å²) in [4.78, 5) is 11.4. The van der Waals surface area contributed by atoms with Crippen molar-refractivity contribution < 1.29 is 15.1 Å². The van der Waals surface area contributed by atoms with Gasteiger partial charge >= 0.3 is 0 Å². The summed E-state index contributed by atoms with van der Waals surface area (Å²) in [5.74, 6) is -0.350. The molecule has 4 nitrogen and oxygen atoms in total. The summed E-state index contributed by atoms with van der Waals surface area (Å²) in [5, 5.41) is 18.9. The fraction of sp³-hybridized carbons (Fsp3) is 0.625. The molecule has 68 valence electrons. The van der Waals surface area contributed by atoms with Gasteiger partial charge in [0.25, 0.3) is 0 Å². The van der Waals surface area contributed by atoms with Crippen molar-refractivity contribution in [3.8, 4) is 0 Å². The zero-order valence-corrected chi connectivity index (χ0v) is 7.19. The first-order valence-corrected chi connectivity index (χ1v) is 3.90. The van der Waals surface area contributed by atoms with Gasteiger partial charge in [-0.1, -0.05) is 6.92 Å². The molecule has 0 spiro atoms. The lowest BCUT2D eigenvalue weighted by atomic mass is 9.91. The van der Waals surface area contributed by atoms with Crippen LogP contribution in [0.3, 0.4) is 0 Å². The number of carbonyl (C=O) groups is 1. The van der Waals surface area contributed by atoms with Crippen LogP contribution in [0.4, 0.5) is 0 Å². The van der Waals surface area contributed by atoms with E-state index in [0.29, 0.717) is 5.57 Å². The van der Waals surface area contributed by atoms with E-state index in [1.807, 2.05) is 0 Å². The summed E-state index contributed by atoms with van der Waals surface area (Å²) in [5.41, 5.74) is 0.556. The summed E-state index contributed by atoms with van der Waals surface area (Å²) in [7, 11) is 0. The van der Waals surface area contributed by atoms with Gasteiger partial charge in [-0.15, -0.1) is 0 Å². The SMILES string of the molecule is CC1C(=O)C(C)N(O)C=C1CO. The van der Waals surface area contributed by atoms with Crippen LogP contribution in [0.1, 0.15) is 13.8 Å². The molecule has 0 saturated carbocycles. The van der Waals surface area contributed by atoms with Crippen molar-refractivity contribution in [3.63, 3.8) is 0 Å². The zero-order chi connectivity index (χ0) is 9.30. The predicted molar refractivity (Wildman–Crippen MR) is 42.4 cm³/mol. The number of aliphatic hydroxyl groups is 1. The maximum absolute atomic E-state index is 11.4. The lowest BCUT2D eigenvalue weighted by molar-refractivity contribution is -0.143. The molecule has 2 unspecified atom stereocenters. The van der Waals surface area contributed by atoms with Crippen molar-refractivity contribution in [2.75, 3.05) is 6.61 Å². The van der Waals surface area contributed by atoms with E-state index in [1.165, 1.54) is 6.20 Å². The Kier molecular flexibility index (Phi) is 2.49. The van der Waals surface area contributed by atoms with Crippen LogP contribution in [0.15, 0.2) is 11.8 Å². The molecule has 0 amide bonds. The van der Waals surface area contributed by atoms with Gasteiger partial charge in [-0.25, -0.2) is 0 Å². The molecule has 12 heavy (non-hydrogen) atoms. The molecular formula is C8H13NO3. The predicted octanol–water partition coefficient (Wildman–Crippen LogP) is 0.161. The Morgan fingerprint density at radius 1 is 1.58 bits per heavy atom. The van der Waals surface area contributed by atoms with Crippen LogP contribution < -0.4 is 0 Å². The monoisotopic (exact) mass is 171 g/mol. The highest BCUT2D eigenvalue weighted by Gasteiger charge is 2.30. The van der Waals surface area contributed by atoms with Crippen LogP contribution in [0, 0.1) is 5.92 Å². The van der Waals surface area contributed by atoms with Gasteiger partial charge in [0, 0.05) is 12.1 Å². The van der Waals surface area contributed by atoms with E-state index < -0.39 is 6.04 Å². The Morgan fingerprint density at radius 2 is 2.17 bits per heavy atom. The second kappa shape index (κ2) is 3.25. The van der Waals surface area contributed by atoms with Crippen molar-refractivity contribution in [2.45, 2.75) is 19.9 Å². The number of rotatable bonds is 1. The van der Waals surface area contributed by atoms with Gasteiger partial charge in [-0.05, 0) is 12.5 Å². The highest BCUT2D eigenvalue weighted by molar-refractivity contribution is 5.89. The number of carbonyl (C=O) groups excluding carboxylic acids is 1. The van der Waals surface area contributed by atoms with Gasteiger partial charge in [0.2, 0.25) is 0 Å². The lowest BCUT2D eigenvalue weighted by Gasteiger charge is -2.29. The molecule has 1 aliphatic rings. The van der Waals surface area contributed by atoms with Crippen molar-refractivity contribution in [2.24, 2.45) is 5.92 Å². The molecule has 0 radical (unpaired) electrons. The number of hydrogen-bond donors (Lipinski definition) is 2. The molecule has 1 aliphatic heterocycles. The van der Waals surface area contributed by atoms with Crippen LogP contribution in [0.25, 0.3) is 0 Å². The first kappa shape index (κ1) is 9.22. The Bertz CT molecular complexity index is 224. The maximum Gasteiger partial charge on any atom is 0.164 e. The average Bonchev–Trinajstić information content (AvgIpc) is 2.08. The second-order valence-electron chi connectivity index (χ2n) is 3.04. The molecule has 0 saturated heterocycles. The minimum absolute atomic E-state index is 0.0657. The second-order valence-corrected chi connectivity index (χ2v) is 3.04. The number of hydrogen-bond acceptors (Lipinski definition) is 4. The van der Waals surface area contributed by atoms with Crippen molar-refractivity contribution in [3.05, 3.63) is 11.8 Å². The highest BCUT2D eigenvalue weighted by Crippen LogP contribution is 2.21. The first-order chi connectivity index (χ1) is 5.57. The van der Waals surface area contributed by atoms with E-state index in [2.05, 4.69) is 0 Å². The Morgan fingerprint density at radius 3 is 2.67 bits per heavy atom. The van der Waals surface area contributed by atoms with E-state index in [9.17, 15) is 10.0 Å².